The molecule has 1 unspecified atom stereocenters. The summed E-state index contributed by atoms with van der Waals surface area (Å²) in [4.78, 5) is 12.7. The zero-order valence-electron chi connectivity index (χ0n) is 18.9. The number of carbonyl (C=O) groups excluding carboxylic acids is 1. The van der Waals surface area contributed by atoms with Gasteiger partial charge in [-0.25, -0.2) is 29.6 Å². The summed E-state index contributed by atoms with van der Waals surface area (Å²) in [6, 6.07) is 10.7. The number of hydrogen-bond donors (Lipinski definition) is 1. The third kappa shape index (κ3) is 6.76. The number of amides is 1. The molecule has 0 heterocycles. The molecule has 1 N–H and O–H groups in total. The number of nitrogens with one attached hydrogen (secondary N) is 1. The third-order valence-electron chi connectivity index (χ3n) is 4.78. The second-order valence-corrected chi connectivity index (χ2v) is 13.8. The van der Waals surface area contributed by atoms with Gasteiger partial charge in [0.05, 0.1) is 27.8 Å². The first-order valence-electron chi connectivity index (χ1n) is 9.63. The first kappa shape index (κ1) is 26.8. The first-order valence-corrected chi connectivity index (χ1v) is 14.8. The fourth-order valence-corrected chi connectivity index (χ4v) is 5.29. The maximum absolute atomic E-state index is 12.6. The molecule has 0 fully saturated rings. The Labute approximate surface area is 195 Å². The molecule has 10 nitrogen and oxygen atoms in total. The van der Waals surface area contributed by atoms with Gasteiger partial charge in [-0.2, -0.15) is 0 Å². The van der Waals surface area contributed by atoms with Crippen LogP contribution in [0.3, 0.4) is 0 Å². The molecule has 0 radical (unpaired) electrons. The Morgan fingerprint density at radius 2 is 1.33 bits per heavy atom. The SMILES string of the molecule is CC(NC(=O)CN(c1ccc(S(=O)(=O)N(C)C)cc1)S(C)(=O)=O)c1ccc(S(C)(=O)=O)cc1. The molecule has 0 aliphatic rings. The lowest BCUT2D eigenvalue weighted by Gasteiger charge is -2.23. The monoisotopic (exact) mass is 517 g/mol. The summed E-state index contributed by atoms with van der Waals surface area (Å²) >= 11 is 0. The van der Waals surface area contributed by atoms with E-state index in [-0.39, 0.29) is 15.5 Å². The smallest absolute Gasteiger partial charge is 0.242 e. The number of rotatable bonds is 9. The van der Waals surface area contributed by atoms with Crippen LogP contribution in [0, 0.1) is 0 Å². The van der Waals surface area contributed by atoms with Gasteiger partial charge in [-0.1, -0.05) is 12.1 Å². The van der Waals surface area contributed by atoms with E-state index >= 15 is 0 Å². The van der Waals surface area contributed by atoms with Gasteiger partial charge in [-0.05, 0) is 48.9 Å². The highest BCUT2D eigenvalue weighted by Crippen LogP contribution is 2.22. The Kier molecular flexibility index (Phi) is 7.94. The highest BCUT2D eigenvalue weighted by atomic mass is 32.2. The van der Waals surface area contributed by atoms with Crippen molar-refractivity contribution in [1.29, 1.82) is 0 Å². The molecule has 0 aliphatic heterocycles. The van der Waals surface area contributed by atoms with Crippen LogP contribution in [0.1, 0.15) is 18.5 Å². The van der Waals surface area contributed by atoms with Crippen LogP contribution in [0.5, 0.6) is 0 Å². The fraction of sp³-hybridized carbons (Fsp3) is 0.350. The molecule has 0 saturated carbocycles. The summed E-state index contributed by atoms with van der Waals surface area (Å²) in [5, 5.41) is 2.68. The maximum Gasteiger partial charge on any atom is 0.242 e. The highest BCUT2D eigenvalue weighted by molar-refractivity contribution is 7.92. The number of sulfonamides is 2. The van der Waals surface area contributed by atoms with E-state index < -0.39 is 48.4 Å². The molecule has 2 aromatic carbocycles. The first-order chi connectivity index (χ1) is 15.0. The predicted molar refractivity (Wildman–Crippen MR) is 126 cm³/mol. The van der Waals surface area contributed by atoms with Crippen LogP contribution in [0.4, 0.5) is 5.69 Å². The molecular weight excluding hydrogens is 490 g/mol. The number of carbonyl (C=O) groups is 1. The van der Waals surface area contributed by atoms with Crippen LogP contribution in [-0.4, -0.2) is 68.6 Å². The molecule has 0 saturated heterocycles. The Bertz CT molecular complexity index is 1320. The van der Waals surface area contributed by atoms with Gasteiger partial charge in [0.1, 0.15) is 6.54 Å². The van der Waals surface area contributed by atoms with E-state index in [1.165, 1.54) is 50.5 Å². The summed E-state index contributed by atoms with van der Waals surface area (Å²) in [6.07, 6.45) is 2.04. The lowest BCUT2D eigenvalue weighted by molar-refractivity contribution is -0.120. The standard InChI is InChI=1S/C20H27N3O7S3/c1-15(16-6-10-18(11-7-16)31(4,25)26)21-20(24)14-23(32(5,27)28)17-8-12-19(13-9-17)33(29,30)22(2)3/h6-13,15H,14H2,1-5H3,(H,21,24). The van der Waals surface area contributed by atoms with Crippen molar-refractivity contribution in [3.63, 3.8) is 0 Å². The van der Waals surface area contributed by atoms with Gasteiger partial charge in [-0.3, -0.25) is 9.10 Å². The molecule has 182 valence electrons. The molecule has 2 rings (SSSR count). The molecule has 1 atom stereocenters. The number of sulfone groups is 1. The highest BCUT2D eigenvalue weighted by Gasteiger charge is 2.23. The van der Waals surface area contributed by atoms with Gasteiger partial charge in [0.15, 0.2) is 9.84 Å². The molecule has 0 aliphatic carbocycles. The molecule has 0 bridgehead atoms. The van der Waals surface area contributed by atoms with Gasteiger partial charge in [0.25, 0.3) is 0 Å². The average Bonchev–Trinajstić information content (AvgIpc) is 2.70. The van der Waals surface area contributed by atoms with Crippen molar-refractivity contribution < 1.29 is 30.0 Å². The summed E-state index contributed by atoms with van der Waals surface area (Å²) in [6.45, 7) is 1.16. The molecule has 0 aromatic heterocycles. The second kappa shape index (κ2) is 9.79. The van der Waals surface area contributed by atoms with Crippen molar-refractivity contribution in [1.82, 2.24) is 9.62 Å². The topological polar surface area (TPSA) is 138 Å². The van der Waals surface area contributed by atoms with Crippen LogP contribution in [0.25, 0.3) is 0 Å². The molecule has 33 heavy (non-hydrogen) atoms. The summed E-state index contributed by atoms with van der Waals surface area (Å²) < 4.78 is 74.1. The van der Waals surface area contributed by atoms with Crippen molar-refractivity contribution in [2.24, 2.45) is 0 Å². The van der Waals surface area contributed by atoms with E-state index in [4.69, 9.17) is 0 Å². The fourth-order valence-electron chi connectivity index (χ4n) is 2.90. The average molecular weight is 518 g/mol. The predicted octanol–water partition coefficient (Wildman–Crippen LogP) is 0.984. The summed E-state index contributed by atoms with van der Waals surface area (Å²) in [7, 11) is -8.13. The summed E-state index contributed by atoms with van der Waals surface area (Å²) in [5.74, 6) is -0.592. The molecule has 0 spiro atoms. The number of hydrogen-bond acceptors (Lipinski definition) is 7. The zero-order chi connectivity index (χ0) is 25.2. The number of benzene rings is 2. The largest absolute Gasteiger partial charge is 0.348 e. The quantitative estimate of drug-likeness (QED) is 0.523. The third-order valence-corrected chi connectivity index (χ3v) is 8.87. The normalized spacial score (nSPS) is 13.5. The molecule has 2 aromatic rings. The van der Waals surface area contributed by atoms with Crippen molar-refractivity contribution in [2.45, 2.75) is 22.8 Å². The van der Waals surface area contributed by atoms with Gasteiger partial charge >= 0.3 is 0 Å². The Balaban J connectivity index is 2.20. The Morgan fingerprint density at radius 1 is 0.848 bits per heavy atom. The van der Waals surface area contributed by atoms with Gasteiger partial charge < -0.3 is 5.32 Å². The van der Waals surface area contributed by atoms with Crippen molar-refractivity contribution in [3.8, 4) is 0 Å². The van der Waals surface area contributed by atoms with Gasteiger partial charge in [-0.15, -0.1) is 0 Å². The van der Waals surface area contributed by atoms with E-state index in [0.717, 1.165) is 21.1 Å². The number of anilines is 1. The van der Waals surface area contributed by atoms with Crippen LogP contribution in [0.2, 0.25) is 0 Å². The maximum atomic E-state index is 12.6. The molecule has 1 amide bonds. The van der Waals surface area contributed by atoms with E-state index in [0.29, 0.717) is 5.56 Å². The lowest BCUT2D eigenvalue weighted by atomic mass is 10.1. The van der Waals surface area contributed by atoms with Crippen LogP contribution in [-0.2, 0) is 34.7 Å². The summed E-state index contributed by atoms with van der Waals surface area (Å²) in [5.41, 5.74) is 0.774. The van der Waals surface area contributed by atoms with Crippen molar-refractivity contribution in [3.05, 3.63) is 54.1 Å². The Morgan fingerprint density at radius 3 is 1.76 bits per heavy atom. The zero-order valence-corrected chi connectivity index (χ0v) is 21.3. The van der Waals surface area contributed by atoms with Gasteiger partial charge in [0.2, 0.25) is 26.0 Å². The minimum atomic E-state index is -3.85. The minimum absolute atomic E-state index is 0.0136. The molecule has 13 heteroatoms. The second-order valence-electron chi connectivity index (χ2n) is 7.68. The van der Waals surface area contributed by atoms with E-state index in [1.54, 1.807) is 19.1 Å². The van der Waals surface area contributed by atoms with E-state index in [1.807, 2.05) is 0 Å². The van der Waals surface area contributed by atoms with E-state index in [9.17, 15) is 30.0 Å². The van der Waals surface area contributed by atoms with Crippen LogP contribution < -0.4 is 9.62 Å². The Hall–Kier alpha value is -2.48. The van der Waals surface area contributed by atoms with Crippen LogP contribution in [0.15, 0.2) is 58.3 Å². The van der Waals surface area contributed by atoms with E-state index in [2.05, 4.69) is 5.32 Å². The number of nitrogens with zero attached hydrogens (tertiary/aromatic N) is 2. The van der Waals surface area contributed by atoms with Crippen molar-refractivity contribution >= 4 is 41.5 Å². The van der Waals surface area contributed by atoms with Crippen LogP contribution >= 0.6 is 0 Å². The van der Waals surface area contributed by atoms with Crippen molar-refractivity contribution in [2.75, 3.05) is 37.5 Å². The molecular formula is C20H27N3O7S3. The minimum Gasteiger partial charge on any atom is -0.348 e. The van der Waals surface area contributed by atoms with Gasteiger partial charge in [0, 0.05) is 20.4 Å². The lowest BCUT2D eigenvalue weighted by Crippen LogP contribution is -2.41.